The van der Waals surface area contributed by atoms with Gasteiger partial charge in [-0.25, -0.2) is 0 Å². The first-order valence-electron chi connectivity index (χ1n) is 9.48. The fourth-order valence-electron chi connectivity index (χ4n) is 4.30. The lowest BCUT2D eigenvalue weighted by Crippen LogP contribution is -2.57. The second-order valence-corrected chi connectivity index (χ2v) is 7.72. The van der Waals surface area contributed by atoms with Gasteiger partial charge in [0.15, 0.2) is 0 Å². The van der Waals surface area contributed by atoms with Gasteiger partial charge in [-0.2, -0.15) is 13.2 Å². The lowest BCUT2D eigenvalue weighted by atomic mass is 9.84. The third kappa shape index (κ3) is 4.21. The Labute approximate surface area is 156 Å². The SMILES string of the molecule is O=C(N[C@H]1CN2CCC1CC2)c1ccc(OC2CNC(C(F)(F)F)C2)cc1. The van der Waals surface area contributed by atoms with Gasteiger partial charge in [-0.15, -0.1) is 0 Å². The zero-order chi connectivity index (χ0) is 19.0. The monoisotopic (exact) mass is 383 g/mol. The van der Waals surface area contributed by atoms with Gasteiger partial charge in [0.2, 0.25) is 0 Å². The van der Waals surface area contributed by atoms with E-state index >= 15 is 0 Å². The summed E-state index contributed by atoms with van der Waals surface area (Å²) in [5, 5.41) is 5.56. The number of nitrogens with one attached hydrogen (secondary N) is 2. The number of piperidine rings is 3. The number of hydrogen-bond acceptors (Lipinski definition) is 4. The minimum Gasteiger partial charge on any atom is -0.489 e. The largest absolute Gasteiger partial charge is 0.489 e. The smallest absolute Gasteiger partial charge is 0.403 e. The summed E-state index contributed by atoms with van der Waals surface area (Å²) in [6.45, 7) is 3.31. The number of rotatable bonds is 4. The van der Waals surface area contributed by atoms with E-state index in [1.165, 1.54) is 0 Å². The molecule has 0 spiro atoms. The van der Waals surface area contributed by atoms with Crippen LogP contribution in [0.4, 0.5) is 13.2 Å². The molecule has 4 aliphatic rings. The summed E-state index contributed by atoms with van der Waals surface area (Å²) in [4.78, 5) is 14.9. The molecule has 2 bridgehead atoms. The van der Waals surface area contributed by atoms with Gasteiger partial charge in [0.25, 0.3) is 5.91 Å². The van der Waals surface area contributed by atoms with Crippen LogP contribution in [0.25, 0.3) is 0 Å². The molecule has 4 heterocycles. The molecule has 27 heavy (non-hydrogen) atoms. The maximum Gasteiger partial charge on any atom is 0.403 e. The van der Waals surface area contributed by atoms with Crippen LogP contribution >= 0.6 is 0 Å². The van der Waals surface area contributed by atoms with Gasteiger partial charge in [-0.05, 0) is 56.1 Å². The summed E-state index contributed by atoms with van der Waals surface area (Å²) >= 11 is 0. The van der Waals surface area contributed by atoms with E-state index in [9.17, 15) is 18.0 Å². The molecule has 4 aliphatic heterocycles. The summed E-state index contributed by atoms with van der Waals surface area (Å²) in [5.41, 5.74) is 0.538. The van der Waals surface area contributed by atoms with Crippen molar-refractivity contribution in [2.45, 2.75) is 43.6 Å². The Morgan fingerprint density at radius 1 is 1.19 bits per heavy atom. The number of alkyl halides is 3. The summed E-state index contributed by atoms with van der Waals surface area (Å²) in [5.74, 6) is 0.918. The summed E-state index contributed by atoms with van der Waals surface area (Å²) in [6, 6.07) is 5.29. The number of fused-ring (bicyclic) bond motifs is 3. The third-order valence-corrected chi connectivity index (χ3v) is 5.88. The van der Waals surface area contributed by atoms with Crippen LogP contribution in [-0.2, 0) is 0 Å². The molecule has 4 fully saturated rings. The third-order valence-electron chi connectivity index (χ3n) is 5.88. The van der Waals surface area contributed by atoms with E-state index in [1.807, 2.05) is 0 Å². The molecule has 1 aromatic carbocycles. The number of hydrogen-bond donors (Lipinski definition) is 2. The van der Waals surface area contributed by atoms with Gasteiger partial charge in [0.05, 0.1) is 0 Å². The molecule has 5 rings (SSSR count). The Bertz CT molecular complexity index is 672. The highest BCUT2D eigenvalue weighted by Gasteiger charge is 2.44. The Hall–Kier alpha value is -1.80. The van der Waals surface area contributed by atoms with E-state index in [1.54, 1.807) is 24.3 Å². The number of nitrogens with zero attached hydrogens (tertiary/aromatic N) is 1. The minimum absolute atomic E-state index is 0.106. The van der Waals surface area contributed by atoms with Crippen molar-refractivity contribution in [3.63, 3.8) is 0 Å². The minimum atomic E-state index is -4.25. The maximum atomic E-state index is 12.7. The molecular formula is C19H24F3N3O2. The highest BCUT2D eigenvalue weighted by molar-refractivity contribution is 5.94. The molecule has 0 saturated carbocycles. The quantitative estimate of drug-likeness (QED) is 0.837. The van der Waals surface area contributed by atoms with Gasteiger partial charge < -0.3 is 20.3 Å². The van der Waals surface area contributed by atoms with Crippen LogP contribution < -0.4 is 15.4 Å². The van der Waals surface area contributed by atoms with Crippen molar-refractivity contribution < 1.29 is 22.7 Å². The first-order chi connectivity index (χ1) is 12.9. The molecule has 8 heteroatoms. The molecule has 2 N–H and O–H groups in total. The van der Waals surface area contributed by atoms with E-state index in [0.29, 0.717) is 17.2 Å². The number of amides is 1. The second-order valence-electron chi connectivity index (χ2n) is 7.72. The van der Waals surface area contributed by atoms with Crippen LogP contribution in [0.3, 0.4) is 0 Å². The lowest BCUT2D eigenvalue weighted by molar-refractivity contribution is -0.152. The van der Waals surface area contributed by atoms with Crippen LogP contribution in [0.2, 0.25) is 0 Å². The van der Waals surface area contributed by atoms with Crippen LogP contribution in [-0.4, -0.2) is 61.4 Å². The Morgan fingerprint density at radius 2 is 1.89 bits per heavy atom. The predicted octanol–water partition coefficient (Wildman–Crippen LogP) is 2.18. The molecular weight excluding hydrogens is 359 g/mol. The van der Waals surface area contributed by atoms with Gasteiger partial charge in [0.1, 0.15) is 17.9 Å². The standard InChI is InChI=1S/C19H24F3N3O2/c20-19(21,22)17-9-15(10-23-17)27-14-3-1-13(2-4-14)18(26)24-16-11-25-7-5-12(16)6-8-25/h1-4,12,15-17,23H,5-11H2,(H,24,26)/t15?,16-,17?/m0/s1. The van der Waals surface area contributed by atoms with Crippen LogP contribution in [0, 0.1) is 5.92 Å². The molecule has 1 aromatic rings. The zero-order valence-electron chi connectivity index (χ0n) is 15.0. The number of benzene rings is 1. The van der Waals surface area contributed by atoms with E-state index in [0.717, 1.165) is 32.5 Å². The van der Waals surface area contributed by atoms with Crippen molar-refractivity contribution in [3.05, 3.63) is 29.8 Å². The van der Waals surface area contributed by atoms with Crippen molar-refractivity contribution in [1.82, 2.24) is 15.5 Å². The van der Waals surface area contributed by atoms with Crippen LogP contribution in [0.1, 0.15) is 29.6 Å². The fourth-order valence-corrected chi connectivity index (χ4v) is 4.30. The molecule has 4 saturated heterocycles. The van der Waals surface area contributed by atoms with Gasteiger partial charge >= 0.3 is 6.18 Å². The number of halogens is 3. The van der Waals surface area contributed by atoms with Gasteiger partial charge in [-0.1, -0.05) is 0 Å². The second kappa shape index (κ2) is 7.31. The number of carbonyl (C=O) groups is 1. The maximum absolute atomic E-state index is 12.7. The topological polar surface area (TPSA) is 53.6 Å². The van der Waals surface area contributed by atoms with Gasteiger partial charge in [0, 0.05) is 31.1 Å². The van der Waals surface area contributed by atoms with E-state index in [-0.39, 0.29) is 24.9 Å². The van der Waals surface area contributed by atoms with Crippen molar-refractivity contribution in [3.8, 4) is 5.75 Å². The first kappa shape index (κ1) is 18.6. The Morgan fingerprint density at radius 3 is 2.44 bits per heavy atom. The highest BCUT2D eigenvalue weighted by atomic mass is 19.4. The van der Waals surface area contributed by atoms with Crippen molar-refractivity contribution in [1.29, 1.82) is 0 Å². The average Bonchev–Trinajstić information content (AvgIpc) is 3.12. The highest BCUT2D eigenvalue weighted by Crippen LogP contribution is 2.29. The van der Waals surface area contributed by atoms with Gasteiger partial charge in [-0.3, -0.25) is 4.79 Å². The molecule has 5 nitrogen and oxygen atoms in total. The molecule has 148 valence electrons. The van der Waals surface area contributed by atoms with E-state index in [2.05, 4.69) is 15.5 Å². The normalized spacial score (nSPS) is 33.1. The van der Waals surface area contributed by atoms with Crippen molar-refractivity contribution in [2.75, 3.05) is 26.2 Å². The van der Waals surface area contributed by atoms with Crippen LogP contribution in [0.5, 0.6) is 5.75 Å². The fraction of sp³-hybridized carbons (Fsp3) is 0.632. The molecule has 0 aromatic heterocycles. The number of ether oxygens (including phenoxy) is 1. The molecule has 1 amide bonds. The van der Waals surface area contributed by atoms with E-state index in [4.69, 9.17) is 4.74 Å². The molecule has 3 atom stereocenters. The molecule has 0 radical (unpaired) electrons. The van der Waals surface area contributed by atoms with Crippen molar-refractivity contribution >= 4 is 5.91 Å². The molecule has 2 unspecified atom stereocenters. The predicted molar refractivity (Wildman–Crippen MR) is 93.7 cm³/mol. The summed E-state index contributed by atoms with van der Waals surface area (Å²) in [7, 11) is 0. The molecule has 0 aliphatic carbocycles. The Balaban J connectivity index is 1.30. The summed E-state index contributed by atoms with van der Waals surface area (Å²) in [6.07, 6.45) is -2.62. The van der Waals surface area contributed by atoms with E-state index < -0.39 is 18.3 Å². The van der Waals surface area contributed by atoms with Crippen molar-refractivity contribution in [2.24, 2.45) is 5.92 Å². The van der Waals surface area contributed by atoms with Crippen LogP contribution in [0.15, 0.2) is 24.3 Å². The zero-order valence-corrected chi connectivity index (χ0v) is 15.0. The first-order valence-corrected chi connectivity index (χ1v) is 9.48. The number of carbonyl (C=O) groups excluding carboxylic acids is 1. The average molecular weight is 383 g/mol. The Kier molecular flexibility index (Phi) is 5.03. The lowest BCUT2D eigenvalue weighted by Gasteiger charge is -2.44. The summed E-state index contributed by atoms with van der Waals surface area (Å²) < 4.78 is 43.7.